The van der Waals surface area contributed by atoms with Crippen molar-refractivity contribution < 1.29 is 19.4 Å². The van der Waals surface area contributed by atoms with Crippen molar-refractivity contribution in [2.75, 3.05) is 0 Å². The molecule has 2 aromatic rings. The molecule has 0 unspecified atom stereocenters. The molecular formula is C20H22O4. The SMILES string of the molecule is Cc1cccc(COc2ccc(C(=O)CCCC(=O)O)cc2C)c1. The molecule has 2 rings (SSSR count). The Bertz CT molecular complexity index is 734. The second kappa shape index (κ2) is 8.29. The number of carbonyl (C=O) groups excluding carboxylic acids is 1. The van der Waals surface area contributed by atoms with Crippen LogP contribution in [0.2, 0.25) is 0 Å². The fourth-order valence-electron chi connectivity index (χ4n) is 2.49. The number of carboxylic acid groups (broad SMARTS) is 1. The predicted octanol–water partition coefficient (Wildman–Crippen LogP) is 4.32. The molecular weight excluding hydrogens is 304 g/mol. The second-order valence-electron chi connectivity index (χ2n) is 5.93. The lowest BCUT2D eigenvalue weighted by Crippen LogP contribution is -2.03. The molecule has 0 saturated heterocycles. The number of ether oxygens (including phenoxy) is 1. The first-order valence-corrected chi connectivity index (χ1v) is 7.99. The van der Waals surface area contributed by atoms with E-state index in [1.165, 1.54) is 5.56 Å². The molecule has 24 heavy (non-hydrogen) atoms. The minimum atomic E-state index is -0.876. The average molecular weight is 326 g/mol. The highest BCUT2D eigenvalue weighted by molar-refractivity contribution is 5.96. The maximum atomic E-state index is 12.1. The van der Waals surface area contributed by atoms with E-state index in [1.54, 1.807) is 18.2 Å². The van der Waals surface area contributed by atoms with Crippen LogP contribution in [0.1, 0.15) is 46.3 Å². The number of hydrogen-bond donors (Lipinski definition) is 1. The van der Waals surface area contributed by atoms with Crippen molar-refractivity contribution in [3.8, 4) is 5.75 Å². The molecule has 0 atom stereocenters. The van der Waals surface area contributed by atoms with Gasteiger partial charge in [0.15, 0.2) is 5.78 Å². The third-order valence-electron chi connectivity index (χ3n) is 3.77. The van der Waals surface area contributed by atoms with Gasteiger partial charge in [0.2, 0.25) is 0 Å². The highest BCUT2D eigenvalue weighted by Gasteiger charge is 2.10. The molecule has 0 aliphatic rings. The Balaban J connectivity index is 1.96. The summed E-state index contributed by atoms with van der Waals surface area (Å²) < 4.78 is 5.84. The maximum absolute atomic E-state index is 12.1. The summed E-state index contributed by atoms with van der Waals surface area (Å²) in [5.74, 6) is -0.165. The van der Waals surface area contributed by atoms with Gasteiger partial charge in [-0.2, -0.15) is 0 Å². The van der Waals surface area contributed by atoms with Crippen LogP contribution in [0.4, 0.5) is 0 Å². The van der Waals surface area contributed by atoms with E-state index in [1.807, 2.05) is 32.0 Å². The number of ketones is 1. The lowest BCUT2D eigenvalue weighted by atomic mass is 10.0. The van der Waals surface area contributed by atoms with E-state index >= 15 is 0 Å². The van der Waals surface area contributed by atoms with Crippen LogP contribution < -0.4 is 4.74 Å². The van der Waals surface area contributed by atoms with Gasteiger partial charge in [0.05, 0.1) is 0 Å². The first kappa shape index (κ1) is 17.7. The van der Waals surface area contributed by atoms with Gasteiger partial charge in [0.1, 0.15) is 12.4 Å². The summed E-state index contributed by atoms with van der Waals surface area (Å²) >= 11 is 0. The zero-order valence-electron chi connectivity index (χ0n) is 14.0. The minimum absolute atomic E-state index is 0.0163. The summed E-state index contributed by atoms with van der Waals surface area (Å²) in [7, 11) is 0. The number of benzene rings is 2. The molecule has 0 aliphatic carbocycles. The van der Waals surface area contributed by atoms with E-state index in [-0.39, 0.29) is 18.6 Å². The van der Waals surface area contributed by atoms with Crippen LogP contribution in [0, 0.1) is 13.8 Å². The van der Waals surface area contributed by atoms with Gasteiger partial charge in [-0.3, -0.25) is 9.59 Å². The molecule has 2 aromatic carbocycles. The van der Waals surface area contributed by atoms with Gasteiger partial charge in [0, 0.05) is 18.4 Å². The second-order valence-corrected chi connectivity index (χ2v) is 5.93. The zero-order chi connectivity index (χ0) is 17.5. The van der Waals surface area contributed by atoms with Crippen LogP contribution in [-0.2, 0) is 11.4 Å². The number of aryl methyl sites for hydroxylation is 2. The van der Waals surface area contributed by atoms with Gasteiger partial charge < -0.3 is 9.84 Å². The Hall–Kier alpha value is -2.62. The van der Waals surface area contributed by atoms with E-state index in [0.29, 0.717) is 18.6 Å². The molecule has 4 heteroatoms. The third kappa shape index (κ3) is 5.23. The molecule has 4 nitrogen and oxygen atoms in total. The van der Waals surface area contributed by atoms with Gasteiger partial charge in [0.25, 0.3) is 0 Å². The lowest BCUT2D eigenvalue weighted by molar-refractivity contribution is -0.137. The minimum Gasteiger partial charge on any atom is -0.489 e. The van der Waals surface area contributed by atoms with Crippen LogP contribution in [0.15, 0.2) is 42.5 Å². The van der Waals surface area contributed by atoms with Crippen molar-refractivity contribution in [2.24, 2.45) is 0 Å². The van der Waals surface area contributed by atoms with Crippen molar-refractivity contribution in [1.29, 1.82) is 0 Å². The Morgan fingerprint density at radius 3 is 2.50 bits per heavy atom. The van der Waals surface area contributed by atoms with Crippen molar-refractivity contribution in [3.05, 3.63) is 64.7 Å². The highest BCUT2D eigenvalue weighted by atomic mass is 16.5. The van der Waals surface area contributed by atoms with E-state index in [4.69, 9.17) is 9.84 Å². The van der Waals surface area contributed by atoms with Gasteiger partial charge in [-0.25, -0.2) is 0 Å². The van der Waals surface area contributed by atoms with Crippen molar-refractivity contribution in [2.45, 2.75) is 39.7 Å². The van der Waals surface area contributed by atoms with Crippen LogP contribution >= 0.6 is 0 Å². The molecule has 0 radical (unpaired) electrons. The normalized spacial score (nSPS) is 10.4. The fourth-order valence-corrected chi connectivity index (χ4v) is 2.49. The molecule has 0 fully saturated rings. The highest BCUT2D eigenvalue weighted by Crippen LogP contribution is 2.22. The van der Waals surface area contributed by atoms with Gasteiger partial charge in [-0.15, -0.1) is 0 Å². The Morgan fingerprint density at radius 1 is 1.04 bits per heavy atom. The third-order valence-corrected chi connectivity index (χ3v) is 3.77. The Labute approximate surface area is 142 Å². The van der Waals surface area contributed by atoms with Crippen molar-refractivity contribution >= 4 is 11.8 Å². The Morgan fingerprint density at radius 2 is 1.83 bits per heavy atom. The average Bonchev–Trinajstić information content (AvgIpc) is 2.53. The maximum Gasteiger partial charge on any atom is 0.303 e. The van der Waals surface area contributed by atoms with Gasteiger partial charge in [-0.05, 0) is 49.6 Å². The zero-order valence-corrected chi connectivity index (χ0v) is 14.0. The van der Waals surface area contributed by atoms with Crippen LogP contribution in [0.5, 0.6) is 5.75 Å². The first-order valence-electron chi connectivity index (χ1n) is 7.99. The van der Waals surface area contributed by atoms with E-state index in [2.05, 4.69) is 6.07 Å². The van der Waals surface area contributed by atoms with Gasteiger partial charge >= 0.3 is 5.97 Å². The number of rotatable bonds is 8. The number of aliphatic carboxylic acids is 1. The van der Waals surface area contributed by atoms with Gasteiger partial charge in [-0.1, -0.05) is 29.8 Å². The lowest BCUT2D eigenvalue weighted by Gasteiger charge is -2.11. The molecule has 0 aromatic heterocycles. The van der Waals surface area contributed by atoms with E-state index in [9.17, 15) is 9.59 Å². The van der Waals surface area contributed by atoms with Crippen LogP contribution in [0.3, 0.4) is 0 Å². The van der Waals surface area contributed by atoms with E-state index < -0.39 is 5.97 Å². The summed E-state index contributed by atoms with van der Waals surface area (Å²) in [4.78, 5) is 22.6. The molecule has 0 aliphatic heterocycles. The van der Waals surface area contributed by atoms with Crippen LogP contribution in [0.25, 0.3) is 0 Å². The number of hydrogen-bond acceptors (Lipinski definition) is 3. The molecule has 126 valence electrons. The summed E-state index contributed by atoms with van der Waals surface area (Å²) in [5, 5.41) is 8.62. The number of carbonyl (C=O) groups is 2. The van der Waals surface area contributed by atoms with E-state index in [0.717, 1.165) is 16.9 Å². The summed E-state index contributed by atoms with van der Waals surface area (Å²) in [5.41, 5.74) is 3.78. The standard InChI is InChI=1S/C20H22O4/c1-14-5-3-6-16(11-14)13-24-19-10-9-17(12-15(19)2)18(21)7-4-8-20(22)23/h3,5-6,9-12H,4,7-8,13H2,1-2H3,(H,22,23). The summed E-state index contributed by atoms with van der Waals surface area (Å²) in [6, 6.07) is 13.5. The van der Waals surface area contributed by atoms with Crippen molar-refractivity contribution in [3.63, 3.8) is 0 Å². The molecule has 0 heterocycles. The number of Topliss-reactive ketones (excluding diaryl/α,β-unsaturated/α-hetero) is 1. The molecule has 1 N–H and O–H groups in total. The summed E-state index contributed by atoms with van der Waals surface area (Å²) in [6.45, 7) is 4.42. The number of carboxylic acids is 1. The fraction of sp³-hybridized carbons (Fsp3) is 0.300. The van der Waals surface area contributed by atoms with Crippen LogP contribution in [-0.4, -0.2) is 16.9 Å². The quantitative estimate of drug-likeness (QED) is 0.734. The summed E-state index contributed by atoms with van der Waals surface area (Å²) in [6.07, 6.45) is 0.621. The molecule has 0 bridgehead atoms. The first-order chi connectivity index (χ1) is 11.5. The van der Waals surface area contributed by atoms with Crippen molar-refractivity contribution in [1.82, 2.24) is 0 Å². The molecule has 0 spiro atoms. The monoisotopic (exact) mass is 326 g/mol. The largest absolute Gasteiger partial charge is 0.489 e. The Kier molecular flexibility index (Phi) is 6.13. The molecule has 0 saturated carbocycles. The smallest absolute Gasteiger partial charge is 0.303 e. The predicted molar refractivity (Wildman–Crippen MR) is 92.5 cm³/mol. The molecule has 0 amide bonds. The topological polar surface area (TPSA) is 63.6 Å².